The van der Waals surface area contributed by atoms with Crippen molar-refractivity contribution >= 4 is 21.8 Å². The quantitative estimate of drug-likeness (QED) is 0.229. The van der Waals surface area contributed by atoms with Gasteiger partial charge in [0.2, 0.25) is 5.90 Å². The Morgan fingerprint density at radius 2 is 1.29 bits per heavy atom. The van der Waals surface area contributed by atoms with Crippen molar-refractivity contribution in [2.45, 2.75) is 24.1 Å². The average Bonchev–Trinajstić information content (AvgIpc) is 2.93. The highest BCUT2D eigenvalue weighted by Crippen LogP contribution is 2.37. The van der Waals surface area contributed by atoms with E-state index in [1.165, 1.54) is 0 Å². The van der Waals surface area contributed by atoms with Crippen LogP contribution >= 0.6 is 15.9 Å². The van der Waals surface area contributed by atoms with Crippen molar-refractivity contribution < 1.29 is 14.2 Å². The van der Waals surface area contributed by atoms with Crippen LogP contribution in [0.15, 0.2) is 114 Å². The molecule has 0 amide bonds. The minimum Gasteiger partial charge on any atom is -0.485 e. The molecule has 5 heteroatoms. The summed E-state index contributed by atoms with van der Waals surface area (Å²) in [6.45, 7) is 1.46. The molecule has 1 aliphatic rings. The maximum Gasteiger partial charge on any atom is 0.216 e. The standard InChI is InChI=1S/C30H26BrNO3/c31-26-21-35-30(24-14-8-3-9-15-24)32-29(26)25-16-17-27(33-19-22-10-4-1-5-11-22)28(18-25)34-20-23-12-6-2-7-13-23/h1-18,26,29H,19-21H2/t26-,29+/m0/s1. The highest BCUT2D eigenvalue weighted by Gasteiger charge is 2.28. The molecule has 5 rings (SSSR count). The average molecular weight is 528 g/mol. The van der Waals surface area contributed by atoms with Crippen LogP contribution in [0.5, 0.6) is 11.5 Å². The third-order valence-corrected chi connectivity index (χ3v) is 6.55. The number of aliphatic imine (C=N–C) groups is 1. The first-order valence-electron chi connectivity index (χ1n) is 11.6. The van der Waals surface area contributed by atoms with Gasteiger partial charge in [-0.25, -0.2) is 4.99 Å². The molecule has 4 aromatic carbocycles. The topological polar surface area (TPSA) is 40.0 Å². The predicted molar refractivity (Wildman–Crippen MR) is 142 cm³/mol. The number of ether oxygens (including phenoxy) is 3. The van der Waals surface area contributed by atoms with E-state index in [2.05, 4.69) is 46.3 Å². The van der Waals surface area contributed by atoms with E-state index >= 15 is 0 Å². The summed E-state index contributed by atoms with van der Waals surface area (Å²) in [5, 5.41) is 0. The second-order valence-corrected chi connectivity index (χ2v) is 9.50. The fourth-order valence-corrected chi connectivity index (χ4v) is 4.48. The number of hydrogen-bond acceptors (Lipinski definition) is 4. The SMILES string of the molecule is Br[C@H]1COC(c2ccccc2)=N[C@@H]1c1ccc(OCc2ccccc2)c(OCc2ccccc2)c1. The number of halogens is 1. The summed E-state index contributed by atoms with van der Waals surface area (Å²) in [6.07, 6.45) is 0. The third-order valence-electron chi connectivity index (χ3n) is 5.78. The number of nitrogens with zero attached hydrogens (tertiary/aromatic N) is 1. The van der Waals surface area contributed by atoms with Crippen molar-refractivity contribution in [1.82, 2.24) is 0 Å². The molecular formula is C30H26BrNO3. The maximum atomic E-state index is 6.27. The largest absolute Gasteiger partial charge is 0.485 e. The Morgan fingerprint density at radius 1 is 0.714 bits per heavy atom. The molecule has 1 heterocycles. The molecule has 0 saturated carbocycles. The molecule has 0 unspecified atom stereocenters. The lowest BCUT2D eigenvalue weighted by Gasteiger charge is -2.27. The van der Waals surface area contributed by atoms with Gasteiger partial charge in [-0.05, 0) is 41.0 Å². The zero-order valence-electron chi connectivity index (χ0n) is 19.2. The third kappa shape index (κ3) is 5.92. The molecule has 0 spiro atoms. The highest BCUT2D eigenvalue weighted by molar-refractivity contribution is 9.09. The summed E-state index contributed by atoms with van der Waals surface area (Å²) < 4.78 is 18.4. The van der Waals surface area contributed by atoms with Gasteiger partial charge in [-0.15, -0.1) is 0 Å². The fourth-order valence-electron chi connectivity index (χ4n) is 3.93. The van der Waals surface area contributed by atoms with Gasteiger partial charge in [0.25, 0.3) is 0 Å². The van der Waals surface area contributed by atoms with E-state index < -0.39 is 0 Å². The first-order chi connectivity index (χ1) is 17.3. The summed E-state index contributed by atoms with van der Waals surface area (Å²) >= 11 is 3.77. The van der Waals surface area contributed by atoms with E-state index in [9.17, 15) is 0 Å². The Hall–Kier alpha value is -3.57. The predicted octanol–water partition coefficient (Wildman–Crippen LogP) is 7.13. The minimum atomic E-state index is -0.110. The van der Waals surface area contributed by atoms with E-state index in [1.54, 1.807) is 0 Å². The molecule has 4 aromatic rings. The lowest BCUT2D eigenvalue weighted by Crippen LogP contribution is -2.27. The Kier molecular flexibility index (Phi) is 7.44. The molecule has 4 nitrogen and oxygen atoms in total. The van der Waals surface area contributed by atoms with E-state index in [-0.39, 0.29) is 10.9 Å². The molecule has 0 aliphatic carbocycles. The molecule has 0 aromatic heterocycles. The van der Waals surface area contributed by atoms with Gasteiger partial charge < -0.3 is 14.2 Å². The van der Waals surface area contributed by atoms with Gasteiger partial charge in [0.05, 0.1) is 10.9 Å². The second-order valence-electron chi connectivity index (χ2n) is 8.33. The van der Waals surface area contributed by atoms with E-state index in [0.29, 0.717) is 37.2 Å². The van der Waals surface area contributed by atoms with Crippen LogP contribution in [0.3, 0.4) is 0 Å². The van der Waals surface area contributed by atoms with Crippen molar-refractivity contribution in [3.05, 3.63) is 131 Å². The van der Waals surface area contributed by atoms with Gasteiger partial charge in [-0.1, -0.05) is 101 Å². The summed E-state index contributed by atoms with van der Waals surface area (Å²) in [7, 11) is 0. The van der Waals surface area contributed by atoms with E-state index in [4.69, 9.17) is 19.2 Å². The van der Waals surface area contributed by atoms with Gasteiger partial charge in [0.15, 0.2) is 11.5 Å². The van der Waals surface area contributed by atoms with Crippen LogP contribution in [-0.4, -0.2) is 17.3 Å². The summed E-state index contributed by atoms with van der Waals surface area (Å²) in [4.78, 5) is 4.99. The molecule has 0 N–H and O–H groups in total. The van der Waals surface area contributed by atoms with Crippen LogP contribution < -0.4 is 9.47 Å². The van der Waals surface area contributed by atoms with Crippen LogP contribution in [0.4, 0.5) is 0 Å². The maximum absolute atomic E-state index is 6.27. The van der Waals surface area contributed by atoms with Crippen LogP contribution in [-0.2, 0) is 18.0 Å². The van der Waals surface area contributed by atoms with Crippen LogP contribution in [0, 0.1) is 0 Å². The Morgan fingerprint density at radius 3 is 1.91 bits per heavy atom. The van der Waals surface area contributed by atoms with Crippen LogP contribution in [0.1, 0.15) is 28.3 Å². The smallest absolute Gasteiger partial charge is 0.216 e. The molecule has 0 fully saturated rings. The summed E-state index contributed by atoms with van der Waals surface area (Å²) in [6, 6.07) is 36.2. The lowest BCUT2D eigenvalue weighted by atomic mass is 10.0. The van der Waals surface area contributed by atoms with Gasteiger partial charge >= 0.3 is 0 Å². The van der Waals surface area contributed by atoms with Gasteiger partial charge in [-0.2, -0.15) is 0 Å². The Labute approximate surface area is 214 Å². The first kappa shape index (κ1) is 23.2. The minimum absolute atomic E-state index is 0.0491. The van der Waals surface area contributed by atoms with Gasteiger partial charge in [-0.3, -0.25) is 0 Å². The number of rotatable bonds is 8. The molecule has 35 heavy (non-hydrogen) atoms. The number of hydrogen-bond donors (Lipinski definition) is 0. The summed E-state index contributed by atoms with van der Waals surface area (Å²) in [5.41, 5.74) is 4.22. The molecular weight excluding hydrogens is 502 g/mol. The van der Waals surface area contributed by atoms with Crippen LogP contribution in [0.25, 0.3) is 0 Å². The van der Waals surface area contributed by atoms with Crippen molar-refractivity contribution in [3.63, 3.8) is 0 Å². The first-order valence-corrected chi connectivity index (χ1v) is 12.6. The van der Waals surface area contributed by atoms with E-state index in [0.717, 1.165) is 22.3 Å². The fraction of sp³-hybridized carbons (Fsp3) is 0.167. The van der Waals surface area contributed by atoms with Gasteiger partial charge in [0.1, 0.15) is 19.8 Å². The molecule has 0 radical (unpaired) electrons. The number of alkyl halides is 1. The van der Waals surface area contributed by atoms with E-state index in [1.807, 2.05) is 78.9 Å². The normalized spacial score (nSPS) is 17.2. The lowest BCUT2D eigenvalue weighted by molar-refractivity contribution is 0.254. The molecule has 2 atom stereocenters. The van der Waals surface area contributed by atoms with Crippen molar-refractivity contribution in [3.8, 4) is 11.5 Å². The summed E-state index contributed by atoms with van der Waals surface area (Å²) in [5.74, 6) is 2.06. The zero-order valence-corrected chi connectivity index (χ0v) is 20.8. The Balaban J connectivity index is 1.43. The van der Waals surface area contributed by atoms with Crippen molar-refractivity contribution in [1.29, 1.82) is 0 Å². The molecule has 0 bridgehead atoms. The molecule has 0 saturated heterocycles. The van der Waals surface area contributed by atoms with Crippen LogP contribution in [0.2, 0.25) is 0 Å². The molecule has 1 aliphatic heterocycles. The van der Waals surface area contributed by atoms with Gasteiger partial charge in [0, 0.05) is 5.56 Å². The number of benzene rings is 4. The molecule has 176 valence electrons. The monoisotopic (exact) mass is 527 g/mol. The highest BCUT2D eigenvalue weighted by atomic mass is 79.9. The Bertz CT molecular complexity index is 1260. The second kappa shape index (κ2) is 11.2. The zero-order chi connectivity index (χ0) is 23.9. The van der Waals surface area contributed by atoms with Crippen molar-refractivity contribution in [2.75, 3.05) is 6.61 Å². The van der Waals surface area contributed by atoms with Crippen molar-refractivity contribution in [2.24, 2.45) is 4.99 Å².